The first-order valence-electron chi connectivity index (χ1n) is 10.9. The van der Waals surface area contributed by atoms with E-state index >= 15 is 0 Å². The van der Waals surface area contributed by atoms with Gasteiger partial charge in [0.05, 0.1) is 17.2 Å². The molecule has 3 atom stereocenters. The second-order valence-electron chi connectivity index (χ2n) is 8.78. The van der Waals surface area contributed by atoms with Crippen molar-refractivity contribution in [1.29, 1.82) is 5.26 Å². The minimum atomic E-state index is -0.513. The molecule has 2 unspecified atom stereocenters. The third kappa shape index (κ3) is 3.44. The molecule has 2 bridgehead atoms. The minimum Gasteiger partial charge on any atom is -0.338 e. The Morgan fingerprint density at radius 3 is 2.47 bits per heavy atom. The van der Waals surface area contributed by atoms with Crippen LogP contribution in [0.15, 0.2) is 67.1 Å². The molecule has 2 heterocycles. The molecule has 1 aliphatic heterocycles. The minimum absolute atomic E-state index is 0.0237. The number of piperidine rings is 1. The van der Waals surface area contributed by atoms with Crippen LogP contribution < -0.4 is 0 Å². The lowest BCUT2D eigenvalue weighted by Crippen LogP contribution is -2.51. The molecule has 2 aliphatic rings. The predicted octanol–water partition coefficient (Wildman–Crippen LogP) is 4.52. The fourth-order valence-corrected chi connectivity index (χ4v) is 5.50. The Hall–Kier alpha value is -3.59. The van der Waals surface area contributed by atoms with Gasteiger partial charge in [-0.25, -0.2) is 14.4 Å². The van der Waals surface area contributed by atoms with Crippen molar-refractivity contribution in [2.75, 3.05) is 13.1 Å². The normalized spacial score (nSPS) is 24.2. The van der Waals surface area contributed by atoms with E-state index in [1.54, 1.807) is 24.4 Å². The number of benzene rings is 2. The molecule has 32 heavy (non-hydrogen) atoms. The van der Waals surface area contributed by atoms with Crippen LogP contribution in [-0.2, 0) is 6.42 Å². The van der Waals surface area contributed by atoms with E-state index in [0.717, 1.165) is 24.0 Å². The van der Waals surface area contributed by atoms with Crippen LogP contribution in [0.5, 0.6) is 0 Å². The van der Waals surface area contributed by atoms with Gasteiger partial charge in [-0.2, -0.15) is 5.26 Å². The average molecular weight is 426 g/mol. The maximum Gasteiger partial charge on any atom is 0.254 e. The molecule has 1 saturated heterocycles. The van der Waals surface area contributed by atoms with Crippen molar-refractivity contribution in [2.24, 2.45) is 17.3 Å². The van der Waals surface area contributed by atoms with Gasteiger partial charge in [-0.15, -0.1) is 0 Å². The summed E-state index contributed by atoms with van der Waals surface area (Å²) in [5.41, 5.74) is 2.58. The second-order valence-corrected chi connectivity index (χ2v) is 8.78. The van der Waals surface area contributed by atoms with Gasteiger partial charge in [0.15, 0.2) is 0 Å². The molecular weight excluding hydrogens is 403 g/mol. The largest absolute Gasteiger partial charge is 0.338 e. The molecule has 1 aliphatic carbocycles. The average Bonchev–Trinajstić information content (AvgIpc) is 3.01. The van der Waals surface area contributed by atoms with Crippen LogP contribution in [0.1, 0.15) is 28.8 Å². The van der Waals surface area contributed by atoms with Crippen molar-refractivity contribution < 1.29 is 9.18 Å². The Kier molecular flexibility index (Phi) is 5.18. The van der Waals surface area contributed by atoms with E-state index in [-0.39, 0.29) is 23.6 Å². The molecule has 2 fully saturated rings. The molecular formula is C26H23FN4O. The Bertz CT molecular complexity index is 1160. The number of hydrogen-bond donors (Lipinski definition) is 0. The van der Waals surface area contributed by atoms with Crippen LogP contribution in [-0.4, -0.2) is 33.9 Å². The first kappa shape index (κ1) is 20.3. The standard InChI is InChI=1S/C26H23FN4O/c27-21-9-5-18(6-10-21)13-26(16-28)19-7-8-20(26)15-31(14-19)25(32)23-4-2-1-3-22(23)24-11-12-29-17-30-24/h1-6,9-12,17,19-20H,7-8,13-15H2/t19-,20?,26?/m0/s1. The van der Waals surface area contributed by atoms with Crippen molar-refractivity contribution in [3.05, 3.63) is 84.1 Å². The third-order valence-electron chi connectivity index (χ3n) is 7.12. The topological polar surface area (TPSA) is 69.9 Å². The van der Waals surface area contributed by atoms with E-state index < -0.39 is 5.41 Å². The summed E-state index contributed by atoms with van der Waals surface area (Å²) in [7, 11) is 0. The summed E-state index contributed by atoms with van der Waals surface area (Å²) in [6.45, 7) is 1.12. The van der Waals surface area contributed by atoms with Crippen molar-refractivity contribution in [3.8, 4) is 17.3 Å². The fourth-order valence-electron chi connectivity index (χ4n) is 5.50. The highest BCUT2D eigenvalue weighted by Gasteiger charge is 2.55. The number of fused-ring (bicyclic) bond motifs is 2. The Morgan fingerprint density at radius 1 is 1.09 bits per heavy atom. The number of carbonyl (C=O) groups excluding carboxylic acids is 1. The highest BCUT2D eigenvalue weighted by atomic mass is 19.1. The summed E-state index contributed by atoms with van der Waals surface area (Å²) in [5.74, 6) is -0.0899. The molecule has 0 radical (unpaired) electrons. The molecule has 160 valence electrons. The monoisotopic (exact) mass is 426 g/mol. The van der Waals surface area contributed by atoms with Gasteiger partial charge in [0.25, 0.3) is 5.91 Å². The molecule has 6 heteroatoms. The SMILES string of the molecule is N#CC1(Cc2ccc(F)cc2)C2CC[C@H]1CN(C(=O)c1ccccc1-c1ccncn1)C2. The molecule has 0 N–H and O–H groups in total. The van der Waals surface area contributed by atoms with Gasteiger partial charge in [0.2, 0.25) is 0 Å². The van der Waals surface area contributed by atoms with E-state index in [1.807, 2.05) is 29.2 Å². The lowest BCUT2D eigenvalue weighted by Gasteiger charge is -2.44. The molecule has 1 amide bonds. The quantitative estimate of drug-likeness (QED) is 0.615. The first-order chi connectivity index (χ1) is 15.6. The van der Waals surface area contributed by atoms with E-state index in [4.69, 9.17) is 0 Å². The number of nitriles is 1. The molecule has 3 aromatic rings. The van der Waals surface area contributed by atoms with Crippen LogP contribution in [0.2, 0.25) is 0 Å². The highest BCUT2D eigenvalue weighted by molar-refractivity contribution is 6.00. The van der Waals surface area contributed by atoms with Crippen LogP contribution in [0.3, 0.4) is 0 Å². The molecule has 2 aromatic carbocycles. The summed E-state index contributed by atoms with van der Waals surface area (Å²) < 4.78 is 13.3. The lowest BCUT2D eigenvalue weighted by molar-refractivity contribution is 0.0420. The van der Waals surface area contributed by atoms with Crippen molar-refractivity contribution in [3.63, 3.8) is 0 Å². The number of nitrogens with zero attached hydrogens (tertiary/aromatic N) is 4. The zero-order chi connectivity index (χ0) is 22.1. The van der Waals surface area contributed by atoms with Crippen molar-refractivity contribution >= 4 is 5.91 Å². The summed E-state index contributed by atoms with van der Waals surface area (Å²) in [5, 5.41) is 10.2. The fraction of sp³-hybridized carbons (Fsp3) is 0.308. The molecule has 1 aromatic heterocycles. The first-order valence-corrected chi connectivity index (χ1v) is 10.9. The number of hydrogen-bond acceptors (Lipinski definition) is 4. The van der Waals surface area contributed by atoms with Gasteiger partial charge < -0.3 is 4.90 Å². The zero-order valence-electron chi connectivity index (χ0n) is 17.6. The Labute approximate surface area is 186 Å². The number of halogens is 1. The maximum atomic E-state index is 13.6. The molecule has 5 rings (SSSR count). The van der Waals surface area contributed by atoms with Crippen LogP contribution in [0.25, 0.3) is 11.3 Å². The van der Waals surface area contributed by atoms with Crippen LogP contribution >= 0.6 is 0 Å². The van der Waals surface area contributed by atoms with E-state index in [0.29, 0.717) is 30.8 Å². The summed E-state index contributed by atoms with van der Waals surface area (Å²) in [4.78, 5) is 23.8. The molecule has 1 saturated carbocycles. The number of aromatic nitrogens is 2. The van der Waals surface area contributed by atoms with Crippen LogP contribution in [0, 0.1) is 34.4 Å². The summed E-state index contributed by atoms with van der Waals surface area (Å²) in [6, 6.07) is 18.4. The third-order valence-corrected chi connectivity index (χ3v) is 7.12. The lowest BCUT2D eigenvalue weighted by atomic mass is 9.66. The zero-order valence-corrected chi connectivity index (χ0v) is 17.6. The van der Waals surface area contributed by atoms with Gasteiger partial charge in [-0.3, -0.25) is 4.79 Å². The summed E-state index contributed by atoms with van der Waals surface area (Å²) >= 11 is 0. The van der Waals surface area contributed by atoms with Gasteiger partial charge in [0.1, 0.15) is 12.1 Å². The van der Waals surface area contributed by atoms with E-state index in [1.165, 1.54) is 18.5 Å². The van der Waals surface area contributed by atoms with Crippen LogP contribution in [0.4, 0.5) is 4.39 Å². The second kappa shape index (κ2) is 8.16. The van der Waals surface area contributed by atoms with Gasteiger partial charge >= 0.3 is 0 Å². The summed E-state index contributed by atoms with van der Waals surface area (Å²) in [6.07, 6.45) is 5.60. The smallest absolute Gasteiger partial charge is 0.254 e. The maximum absolute atomic E-state index is 13.6. The number of amides is 1. The number of likely N-dealkylation sites (tertiary alicyclic amines) is 1. The Balaban J connectivity index is 1.41. The van der Waals surface area contributed by atoms with Crippen molar-refractivity contribution in [2.45, 2.75) is 19.3 Å². The van der Waals surface area contributed by atoms with E-state index in [2.05, 4.69) is 16.0 Å². The number of rotatable bonds is 4. The molecule has 0 spiro atoms. The predicted molar refractivity (Wildman–Crippen MR) is 118 cm³/mol. The number of carbonyl (C=O) groups is 1. The van der Waals surface area contributed by atoms with Gasteiger partial charge in [0, 0.05) is 30.4 Å². The molecule has 5 nitrogen and oxygen atoms in total. The van der Waals surface area contributed by atoms with Gasteiger partial charge in [-0.1, -0.05) is 30.3 Å². The van der Waals surface area contributed by atoms with Gasteiger partial charge in [-0.05, 0) is 60.9 Å². The van der Waals surface area contributed by atoms with E-state index in [9.17, 15) is 14.4 Å². The van der Waals surface area contributed by atoms with Crippen molar-refractivity contribution in [1.82, 2.24) is 14.9 Å². The Morgan fingerprint density at radius 2 is 1.81 bits per heavy atom. The highest BCUT2D eigenvalue weighted by Crippen LogP contribution is 2.53.